The average molecular weight is 349 g/mol. The fourth-order valence-electron chi connectivity index (χ4n) is 2.86. The van der Waals surface area contributed by atoms with Crippen LogP contribution < -0.4 is 0 Å². The van der Waals surface area contributed by atoms with Crippen LogP contribution in [0.25, 0.3) is 0 Å². The quantitative estimate of drug-likeness (QED) is 0.264. The van der Waals surface area contributed by atoms with E-state index in [-0.39, 0.29) is 0 Å². The van der Waals surface area contributed by atoms with Gasteiger partial charge in [-0.05, 0) is 40.8 Å². The summed E-state index contributed by atoms with van der Waals surface area (Å²) in [5.41, 5.74) is 0. The number of hydrogen-bond donors (Lipinski definition) is 0. The predicted octanol–water partition coefficient (Wildman–Crippen LogP) is 5.71. The molecule has 0 heterocycles. The van der Waals surface area contributed by atoms with Gasteiger partial charge in [0.15, 0.2) is 0 Å². The smallest absolute Gasteiger partial charge is 0.309 e. The van der Waals surface area contributed by atoms with Crippen LogP contribution in [0.2, 0.25) is 0 Å². The van der Waals surface area contributed by atoms with Gasteiger partial charge in [0.25, 0.3) is 0 Å². The van der Waals surface area contributed by atoms with Gasteiger partial charge in [-0.2, -0.15) is 0 Å². The van der Waals surface area contributed by atoms with Crippen LogP contribution >= 0.6 is 7.60 Å². The lowest BCUT2D eigenvalue weighted by molar-refractivity contribution is 0.211. The van der Waals surface area contributed by atoms with Crippen molar-refractivity contribution in [1.29, 1.82) is 0 Å². The first-order valence-electron chi connectivity index (χ1n) is 9.53. The standard InChI is InChI=1S/C18H40NO3P/c1-6-9-10-11-12-13-14-15-18(19(4)5)16-17-23(20,21-7-2)22-8-3/h18H,6-17H2,1-5H3. The minimum Gasteiger partial charge on any atom is -0.309 e. The summed E-state index contributed by atoms with van der Waals surface area (Å²) in [4.78, 5) is 2.25. The normalized spacial score (nSPS) is 13.7. The van der Waals surface area contributed by atoms with E-state index in [0.29, 0.717) is 25.4 Å². The van der Waals surface area contributed by atoms with Crippen LogP contribution in [-0.2, 0) is 13.6 Å². The minimum absolute atomic E-state index is 0.446. The summed E-state index contributed by atoms with van der Waals surface area (Å²) in [6.07, 6.45) is 11.9. The lowest BCUT2D eigenvalue weighted by Crippen LogP contribution is -2.29. The molecular formula is C18H40NO3P. The van der Waals surface area contributed by atoms with Crippen molar-refractivity contribution in [2.24, 2.45) is 0 Å². The van der Waals surface area contributed by atoms with Crippen molar-refractivity contribution in [3.8, 4) is 0 Å². The van der Waals surface area contributed by atoms with E-state index in [0.717, 1.165) is 6.42 Å². The molecule has 0 aromatic heterocycles. The Bertz CT molecular complexity index is 301. The van der Waals surface area contributed by atoms with Gasteiger partial charge in [-0.3, -0.25) is 4.57 Å². The van der Waals surface area contributed by atoms with Gasteiger partial charge in [0.05, 0.1) is 19.4 Å². The molecule has 1 unspecified atom stereocenters. The molecule has 0 spiro atoms. The highest BCUT2D eigenvalue weighted by molar-refractivity contribution is 7.53. The van der Waals surface area contributed by atoms with Crippen molar-refractivity contribution in [2.45, 2.75) is 84.6 Å². The summed E-state index contributed by atoms with van der Waals surface area (Å²) in [5, 5.41) is 0. The van der Waals surface area contributed by atoms with Gasteiger partial charge < -0.3 is 13.9 Å². The SMILES string of the molecule is CCCCCCCCCC(CCP(=O)(OCC)OCC)N(C)C. The zero-order chi connectivity index (χ0) is 17.6. The molecule has 5 heteroatoms. The molecule has 23 heavy (non-hydrogen) atoms. The predicted molar refractivity (Wildman–Crippen MR) is 100 cm³/mol. The van der Waals surface area contributed by atoms with Crippen molar-refractivity contribution < 1.29 is 13.6 Å². The second-order valence-corrected chi connectivity index (χ2v) is 8.67. The summed E-state index contributed by atoms with van der Waals surface area (Å²) in [6.45, 7) is 6.88. The van der Waals surface area contributed by atoms with E-state index in [1.165, 1.54) is 51.4 Å². The molecule has 4 nitrogen and oxygen atoms in total. The maximum atomic E-state index is 12.6. The van der Waals surface area contributed by atoms with E-state index in [1.807, 2.05) is 13.8 Å². The van der Waals surface area contributed by atoms with Crippen molar-refractivity contribution in [3.05, 3.63) is 0 Å². The molecule has 0 amide bonds. The first kappa shape index (κ1) is 23.1. The number of hydrogen-bond acceptors (Lipinski definition) is 4. The maximum absolute atomic E-state index is 12.6. The third-order valence-electron chi connectivity index (χ3n) is 4.26. The van der Waals surface area contributed by atoms with Crippen LogP contribution in [0.5, 0.6) is 0 Å². The summed E-state index contributed by atoms with van der Waals surface area (Å²) in [7, 11) is 1.32. The molecule has 0 aliphatic heterocycles. The van der Waals surface area contributed by atoms with Crippen LogP contribution in [-0.4, -0.2) is 44.4 Å². The highest BCUT2D eigenvalue weighted by Gasteiger charge is 2.25. The molecule has 0 bridgehead atoms. The Morgan fingerprint density at radius 2 is 1.35 bits per heavy atom. The molecule has 0 saturated heterocycles. The zero-order valence-corrected chi connectivity index (χ0v) is 17.1. The van der Waals surface area contributed by atoms with Gasteiger partial charge in [-0.1, -0.05) is 51.9 Å². The Labute approximate surface area is 144 Å². The molecule has 140 valence electrons. The molecule has 1 atom stereocenters. The largest absolute Gasteiger partial charge is 0.330 e. The summed E-state index contributed by atoms with van der Waals surface area (Å²) >= 11 is 0. The van der Waals surface area contributed by atoms with Gasteiger partial charge >= 0.3 is 7.60 Å². The Hall–Kier alpha value is 0.110. The van der Waals surface area contributed by atoms with Crippen LogP contribution in [0.1, 0.15) is 78.6 Å². The lowest BCUT2D eigenvalue weighted by Gasteiger charge is -2.26. The molecule has 0 fully saturated rings. The molecule has 0 aromatic carbocycles. The number of nitrogens with zero attached hydrogens (tertiary/aromatic N) is 1. The van der Waals surface area contributed by atoms with Crippen LogP contribution in [0.15, 0.2) is 0 Å². The van der Waals surface area contributed by atoms with Gasteiger partial charge in [0, 0.05) is 6.04 Å². The molecular weight excluding hydrogens is 309 g/mol. The third-order valence-corrected chi connectivity index (χ3v) is 6.37. The van der Waals surface area contributed by atoms with Crippen molar-refractivity contribution in [2.75, 3.05) is 33.5 Å². The fourth-order valence-corrected chi connectivity index (χ4v) is 4.60. The van der Waals surface area contributed by atoms with Gasteiger partial charge in [0.2, 0.25) is 0 Å². The topological polar surface area (TPSA) is 38.8 Å². The van der Waals surface area contributed by atoms with Crippen molar-refractivity contribution in [3.63, 3.8) is 0 Å². The monoisotopic (exact) mass is 349 g/mol. The average Bonchev–Trinajstić information content (AvgIpc) is 2.49. The Morgan fingerprint density at radius 1 is 0.826 bits per heavy atom. The maximum Gasteiger partial charge on any atom is 0.330 e. The Kier molecular flexibility index (Phi) is 14.5. The van der Waals surface area contributed by atoms with E-state index in [2.05, 4.69) is 25.9 Å². The summed E-state index contributed by atoms with van der Waals surface area (Å²) in [6, 6.07) is 0.458. The lowest BCUT2D eigenvalue weighted by atomic mass is 10.0. The van der Waals surface area contributed by atoms with Crippen molar-refractivity contribution >= 4 is 7.60 Å². The van der Waals surface area contributed by atoms with E-state index in [1.54, 1.807) is 0 Å². The first-order chi connectivity index (χ1) is 11.0. The summed E-state index contributed by atoms with van der Waals surface area (Å²) < 4.78 is 23.3. The van der Waals surface area contributed by atoms with E-state index in [4.69, 9.17) is 9.05 Å². The number of unbranched alkanes of at least 4 members (excludes halogenated alkanes) is 6. The molecule has 0 saturated carbocycles. The molecule has 0 rings (SSSR count). The highest BCUT2D eigenvalue weighted by Crippen LogP contribution is 2.49. The Morgan fingerprint density at radius 3 is 1.83 bits per heavy atom. The molecule has 0 aliphatic carbocycles. The Balaban J connectivity index is 4.08. The highest BCUT2D eigenvalue weighted by atomic mass is 31.2. The second kappa shape index (κ2) is 14.5. The van der Waals surface area contributed by atoms with Gasteiger partial charge in [-0.25, -0.2) is 0 Å². The number of rotatable bonds is 16. The molecule has 0 N–H and O–H groups in total. The second-order valence-electron chi connectivity index (χ2n) is 6.49. The van der Waals surface area contributed by atoms with Crippen LogP contribution in [0.4, 0.5) is 0 Å². The molecule has 0 radical (unpaired) electrons. The summed E-state index contributed by atoms with van der Waals surface area (Å²) in [5.74, 6) is 0. The first-order valence-corrected chi connectivity index (χ1v) is 11.3. The van der Waals surface area contributed by atoms with E-state index < -0.39 is 7.60 Å². The van der Waals surface area contributed by atoms with Crippen molar-refractivity contribution in [1.82, 2.24) is 4.90 Å². The fraction of sp³-hybridized carbons (Fsp3) is 1.00. The molecule has 0 aliphatic rings. The zero-order valence-electron chi connectivity index (χ0n) is 16.2. The van der Waals surface area contributed by atoms with Gasteiger partial charge in [0.1, 0.15) is 0 Å². The third kappa shape index (κ3) is 12.2. The van der Waals surface area contributed by atoms with Crippen LogP contribution in [0.3, 0.4) is 0 Å². The minimum atomic E-state index is -2.90. The van der Waals surface area contributed by atoms with E-state index >= 15 is 0 Å². The van der Waals surface area contributed by atoms with Gasteiger partial charge in [-0.15, -0.1) is 0 Å². The van der Waals surface area contributed by atoms with Crippen LogP contribution in [0, 0.1) is 0 Å². The molecule has 0 aromatic rings. The van der Waals surface area contributed by atoms with E-state index in [9.17, 15) is 4.57 Å².